The van der Waals surface area contributed by atoms with Gasteiger partial charge in [0.1, 0.15) is 17.9 Å². The monoisotopic (exact) mass is 380 g/mol. The molecule has 28 heavy (non-hydrogen) atoms. The molecule has 2 aromatic carbocycles. The highest BCUT2D eigenvalue weighted by molar-refractivity contribution is 5.92. The van der Waals surface area contributed by atoms with Crippen LogP contribution in [0.1, 0.15) is 35.3 Å². The number of hydrogen-bond acceptors (Lipinski definition) is 6. The van der Waals surface area contributed by atoms with E-state index in [2.05, 4.69) is 0 Å². The van der Waals surface area contributed by atoms with Crippen molar-refractivity contribution in [2.24, 2.45) is 0 Å². The first-order valence-electron chi connectivity index (χ1n) is 8.81. The predicted molar refractivity (Wildman–Crippen MR) is 104 cm³/mol. The molecule has 0 amide bonds. The van der Waals surface area contributed by atoms with Crippen LogP contribution < -0.4 is 10.4 Å². The Morgan fingerprint density at radius 1 is 1.07 bits per heavy atom. The molecular formula is C22H20O6. The van der Waals surface area contributed by atoms with Crippen molar-refractivity contribution < 1.29 is 23.5 Å². The number of carbonyl (C=O) groups excluding carboxylic acids is 2. The van der Waals surface area contributed by atoms with Crippen molar-refractivity contribution >= 4 is 22.7 Å². The summed E-state index contributed by atoms with van der Waals surface area (Å²) in [6.07, 6.45) is -0.771. The summed E-state index contributed by atoms with van der Waals surface area (Å²) in [6, 6.07) is 13.5. The zero-order valence-electron chi connectivity index (χ0n) is 15.9. The minimum Gasteiger partial charge on any atom is -0.489 e. The van der Waals surface area contributed by atoms with Crippen LogP contribution in [0.4, 0.5) is 0 Å². The van der Waals surface area contributed by atoms with E-state index in [0.717, 1.165) is 16.5 Å². The molecule has 0 aliphatic rings. The molecule has 0 radical (unpaired) electrons. The summed E-state index contributed by atoms with van der Waals surface area (Å²) >= 11 is 0. The number of fused-ring (bicyclic) bond motifs is 1. The van der Waals surface area contributed by atoms with E-state index in [1.807, 2.05) is 19.1 Å². The molecule has 1 aromatic heterocycles. The van der Waals surface area contributed by atoms with Crippen molar-refractivity contribution in [1.29, 1.82) is 0 Å². The van der Waals surface area contributed by atoms with Gasteiger partial charge >= 0.3 is 11.6 Å². The number of benzene rings is 2. The summed E-state index contributed by atoms with van der Waals surface area (Å²) < 4.78 is 16.0. The fourth-order valence-electron chi connectivity index (χ4n) is 2.61. The Kier molecular flexibility index (Phi) is 5.59. The highest BCUT2D eigenvalue weighted by Crippen LogP contribution is 2.23. The molecule has 6 nitrogen and oxygen atoms in total. The molecule has 0 N–H and O–H groups in total. The molecule has 144 valence electrons. The second-order valence-corrected chi connectivity index (χ2v) is 6.55. The molecule has 1 heterocycles. The average molecular weight is 380 g/mol. The molecule has 0 saturated heterocycles. The first-order chi connectivity index (χ1) is 13.3. The molecule has 3 aromatic rings. The number of Topliss-reactive ketones (excluding diaryl/α,β-unsaturated/α-hetero) is 1. The van der Waals surface area contributed by atoms with Gasteiger partial charge in [0.2, 0.25) is 0 Å². The van der Waals surface area contributed by atoms with Gasteiger partial charge in [0.15, 0.2) is 11.9 Å². The second-order valence-electron chi connectivity index (χ2n) is 6.55. The number of aryl methyl sites for hydroxylation is 1. The van der Waals surface area contributed by atoms with Crippen LogP contribution >= 0.6 is 0 Å². The van der Waals surface area contributed by atoms with Gasteiger partial charge in [0.05, 0.1) is 5.56 Å². The summed E-state index contributed by atoms with van der Waals surface area (Å²) in [5.74, 6) is -0.185. The molecule has 1 atom stereocenters. The second kappa shape index (κ2) is 8.08. The zero-order valence-corrected chi connectivity index (χ0v) is 15.9. The van der Waals surface area contributed by atoms with E-state index in [-0.39, 0.29) is 12.4 Å². The van der Waals surface area contributed by atoms with E-state index in [0.29, 0.717) is 16.9 Å². The van der Waals surface area contributed by atoms with Crippen molar-refractivity contribution in [3.8, 4) is 5.75 Å². The van der Waals surface area contributed by atoms with E-state index >= 15 is 0 Å². The van der Waals surface area contributed by atoms with Crippen LogP contribution in [0.25, 0.3) is 11.0 Å². The predicted octanol–water partition coefficient (Wildman–Crippen LogP) is 3.81. The molecule has 0 fully saturated rings. The highest BCUT2D eigenvalue weighted by atomic mass is 16.5. The van der Waals surface area contributed by atoms with Gasteiger partial charge in [-0.25, -0.2) is 9.59 Å². The van der Waals surface area contributed by atoms with E-state index in [1.165, 1.54) is 19.9 Å². The standard InChI is InChI=1S/C22H20O6/c1-13-10-21(24)28-20-11-18(8-9-19(13)20)26-12-16-4-6-17(7-5-16)22(25)27-15(3)14(2)23/h4-11,15H,12H2,1-3H3/t15-/m1/s1. The molecule has 0 bridgehead atoms. The number of ketones is 1. The van der Waals surface area contributed by atoms with Crippen LogP contribution in [-0.4, -0.2) is 17.9 Å². The van der Waals surface area contributed by atoms with Crippen molar-refractivity contribution in [2.75, 3.05) is 0 Å². The van der Waals surface area contributed by atoms with Crippen LogP contribution in [0.15, 0.2) is 57.7 Å². The molecular weight excluding hydrogens is 360 g/mol. The summed E-state index contributed by atoms with van der Waals surface area (Å²) in [5, 5.41) is 0.856. The first-order valence-corrected chi connectivity index (χ1v) is 8.81. The minimum absolute atomic E-state index is 0.209. The topological polar surface area (TPSA) is 82.8 Å². The number of ether oxygens (including phenoxy) is 2. The quantitative estimate of drug-likeness (QED) is 0.478. The molecule has 3 rings (SSSR count). The normalized spacial score (nSPS) is 11.8. The SMILES string of the molecule is CC(=O)[C@@H](C)OC(=O)c1ccc(COc2ccc3c(C)cc(=O)oc3c2)cc1. The smallest absolute Gasteiger partial charge is 0.338 e. The zero-order chi connectivity index (χ0) is 20.3. The summed E-state index contributed by atoms with van der Waals surface area (Å²) in [5.41, 5.74) is 2.13. The number of rotatable bonds is 6. The highest BCUT2D eigenvalue weighted by Gasteiger charge is 2.15. The van der Waals surface area contributed by atoms with Crippen LogP contribution in [0.2, 0.25) is 0 Å². The Hall–Kier alpha value is -3.41. The lowest BCUT2D eigenvalue weighted by Crippen LogP contribution is -2.21. The van der Waals surface area contributed by atoms with Gasteiger partial charge in [-0.2, -0.15) is 0 Å². The minimum atomic E-state index is -0.771. The van der Waals surface area contributed by atoms with Gasteiger partial charge in [-0.3, -0.25) is 4.79 Å². The summed E-state index contributed by atoms with van der Waals surface area (Å²) in [6.45, 7) is 5.04. The Bertz CT molecular complexity index is 1080. The third-order valence-electron chi connectivity index (χ3n) is 4.37. The van der Waals surface area contributed by atoms with Crippen LogP contribution in [0.5, 0.6) is 5.75 Å². The van der Waals surface area contributed by atoms with Crippen LogP contribution in [-0.2, 0) is 16.1 Å². The Labute approximate surface area is 161 Å². The molecule has 0 unspecified atom stereocenters. The maximum Gasteiger partial charge on any atom is 0.338 e. The third kappa shape index (κ3) is 4.46. The molecule has 0 aliphatic heterocycles. The maximum absolute atomic E-state index is 12.0. The number of hydrogen-bond donors (Lipinski definition) is 0. The van der Waals surface area contributed by atoms with E-state index in [9.17, 15) is 14.4 Å². The first kappa shape index (κ1) is 19.4. The van der Waals surface area contributed by atoms with Gasteiger partial charge in [-0.15, -0.1) is 0 Å². The molecule has 0 aliphatic carbocycles. The van der Waals surface area contributed by atoms with Gasteiger partial charge in [0, 0.05) is 17.5 Å². The van der Waals surface area contributed by atoms with Crippen molar-refractivity contribution in [3.63, 3.8) is 0 Å². The lowest BCUT2D eigenvalue weighted by atomic mass is 10.1. The van der Waals surface area contributed by atoms with E-state index in [1.54, 1.807) is 30.3 Å². The number of carbonyl (C=O) groups is 2. The Morgan fingerprint density at radius 2 is 1.79 bits per heavy atom. The fourth-order valence-corrected chi connectivity index (χ4v) is 2.61. The van der Waals surface area contributed by atoms with Crippen molar-refractivity contribution in [3.05, 3.63) is 75.6 Å². The number of esters is 1. The molecule has 6 heteroatoms. The molecule has 0 spiro atoms. The van der Waals surface area contributed by atoms with Crippen molar-refractivity contribution in [2.45, 2.75) is 33.5 Å². The largest absolute Gasteiger partial charge is 0.489 e. The lowest BCUT2D eigenvalue weighted by molar-refractivity contribution is -0.124. The van der Waals surface area contributed by atoms with Gasteiger partial charge in [-0.05, 0) is 56.2 Å². The van der Waals surface area contributed by atoms with Gasteiger partial charge in [-0.1, -0.05) is 12.1 Å². The summed E-state index contributed by atoms with van der Waals surface area (Å²) in [4.78, 5) is 34.7. The van der Waals surface area contributed by atoms with Gasteiger partial charge in [0.25, 0.3) is 0 Å². The van der Waals surface area contributed by atoms with E-state index < -0.39 is 17.7 Å². The fraction of sp³-hybridized carbons (Fsp3) is 0.227. The Morgan fingerprint density at radius 3 is 2.46 bits per heavy atom. The summed E-state index contributed by atoms with van der Waals surface area (Å²) in [7, 11) is 0. The van der Waals surface area contributed by atoms with Gasteiger partial charge < -0.3 is 13.9 Å². The molecule has 0 saturated carbocycles. The van der Waals surface area contributed by atoms with E-state index in [4.69, 9.17) is 13.9 Å². The third-order valence-corrected chi connectivity index (χ3v) is 4.37. The van der Waals surface area contributed by atoms with Crippen molar-refractivity contribution in [1.82, 2.24) is 0 Å². The Balaban J connectivity index is 1.66. The lowest BCUT2D eigenvalue weighted by Gasteiger charge is -2.11. The van der Waals surface area contributed by atoms with Crippen LogP contribution in [0.3, 0.4) is 0 Å². The maximum atomic E-state index is 12.0. The average Bonchev–Trinajstić information content (AvgIpc) is 2.66. The van der Waals surface area contributed by atoms with Crippen LogP contribution in [0, 0.1) is 6.92 Å².